The third kappa shape index (κ3) is 8.40. The molecule has 0 radical (unpaired) electrons. The normalized spacial score (nSPS) is 17.3. The molecule has 4 atom stereocenters. The summed E-state index contributed by atoms with van der Waals surface area (Å²) in [6, 6.07) is 26.4. The standard InChI is InChI=1S/C47H48N8O6S2/c1-26(2)40(52-46(58)60-3)44(56)54-20-8-12-34(54)42-48-25-33(51-42)37-24-39-38(63-37)23-36(62-39)28-16-14-27(15-17-28)30-18-19-31-32(22-30)50-43(49-31)35-13-9-21-55(35)45(57)41(53-47(59)61-4)29-10-6-5-7-11-29/h5-7,10-11,14-19,22-26,34-35,40-41H,8-9,12-13,20-21H2,1-4H3,(H,48,51)(H,49,50)(H,52,58)(H,53,59)/t34?,35?,40-,41+/m0/s1. The zero-order chi connectivity index (χ0) is 43.8. The summed E-state index contributed by atoms with van der Waals surface area (Å²) >= 11 is 3.46. The lowest BCUT2D eigenvalue weighted by Crippen LogP contribution is -2.51. The zero-order valence-electron chi connectivity index (χ0n) is 35.3. The van der Waals surface area contributed by atoms with Crippen LogP contribution in [0.2, 0.25) is 0 Å². The first-order valence-electron chi connectivity index (χ1n) is 21.1. The number of thiophene rings is 2. The van der Waals surface area contributed by atoms with Crippen molar-refractivity contribution in [2.45, 2.75) is 63.7 Å². The number of fused-ring (bicyclic) bond motifs is 2. The number of aromatic amines is 2. The van der Waals surface area contributed by atoms with E-state index < -0.39 is 24.3 Å². The van der Waals surface area contributed by atoms with Gasteiger partial charge in [-0.25, -0.2) is 19.6 Å². The van der Waals surface area contributed by atoms with Crippen molar-refractivity contribution in [3.05, 3.63) is 108 Å². The van der Waals surface area contributed by atoms with Gasteiger partial charge in [0.25, 0.3) is 5.91 Å². The second-order valence-electron chi connectivity index (χ2n) is 16.3. The van der Waals surface area contributed by atoms with Gasteiger partial charge >= 0.3 is 12.2 Å². The topological polar surface area (TPSA) is 175 Å². The van der Waals surface area contributed by atoms with Gasteiger partial charge < -0.3 is 39.9 Å². The molecule has 0 bridgehead atoms. The summed E-state index contributed by atoms with van der Waals surface area (Å²) in [5.41, 5.74) is 6.57. The molecular weight excluding hydrogens is 837 g/mol. The minimum atomic E-state index is -0.879. The molecule has 4 aromatic heterocycles. The lowest BCUT2D eigenvalue weighted by Gasteiger charge is -2.30. The number of nitrogens with zero attached hydrogens (tertiary/aromatic N) is 4. The van der Waals surface area contributed by atoms with Crippen molar-refractivity contribution in [3.8, 4) is 32.1 Å². The average molecular weight is 885 g/mol. The molecule has 9 rings (SSSR count). The van der Waals surface area contributed by atoms with Crippen LogP contribution in [-0.4, -0.2) is 87.1 Å². The van der Waals surface area contributed by atoms with Crippen LogP contribution in [0.3, 0.4) is 0 Å². The summed E-state index contributed by atoms with van der Waals surface area (Å²) in [6.07, 6.45) is 3.79. The van der Waals surface area contributed by atoms with Gasteiger partial charge in [-0.15, -0.1) is 22.7 Å². The number of hydrogen-bond donors (Lipinski definition) is 4. The van der Waals surface area contributed by atoms with E-state index in [1.807, 2.05) is 61.3 Å². The Morgan fingerprint density at radius 2 is 1.33 bits per heavy atom. The van der Waals surface area contributed by atoms with Crippen molar-refractivity contribution in [2.24, 2.45) is 5.92 Å². The van der Waals surface area contributed by atoms with Crippen molar-refractivity contribution in [1.29, 1.82) is 0 Å². The molecule has 2 fully saturated rings. The number of H-pyrrole nitrogens is 2. The zero-order valence-corrected chi connectivity index (χ0v) is 37.0. The van der Waals surface area contributed by atoms with E-state index in [2.05, 4.69) is 69.1 Å². The third-order valence-corrected chi connectivity index (χ3v) is 14.4. The Morgan fingerprint density at radius 1 is 0.714 bits per heavy atom. The number of imidazole rings is 2. The average Bonchev–Trinajstić information content (AvgIpc) is 4.16. The predicted molar refractivity (Wildman–Crippen MR) is 244 cm³/mol. The highest BCUT2D eigenvalue weighted by Gasteiger charge is 2.39. The lowest BCUT2D eigenvalue weighted by molar-refractivity contribution is -0.135. The molecule has 324 valence electrons. The van der Waals surface area contributed by atoms with E-state index in [9.17, 15) is 19.2 Å². The van der Waals surface area contributed by atoms with Crippen LogP contribution in [-0.2, 0) is 19.1 Å². The van der Waals surface area contributed by atoms with Crippen LogP contribution in [0.25, 0.3) is 52.6 Å². The van der Waals surface area contributed by atoms with E-state index >= 15 is 0 Å². The lowest BCUT2D eigenvalue weighted by atomic mass is 10.0. The van der Waals surface area contributed by atoms with Crippen LogP contribution in [0.4, 0.5) is 9.59 Å². The first-order chi connectivity index (χ1) is 30.6. The molecule has 2 saturated heterocycles. The van der Waals surface area contributed by atoms with Crippen molar-refractivity contribution in [2.75, 3.05) is 27.3 Å². The van der Waals surface area contributed by atoms with Gasteiger partial charge in [0.1, 0.15) is 23.7 Å². The molecule has 16 heteroatoms. The smallest absolute Gasteiger partial charge is 0.407 e. The minimum Gasteiger partial charge on any atom is -0.453 e. The number of benzene rings is 3. The molecular formula is C47H48N8O6S2. The molecule has 7 aromatic rings. The van der Waals surface area contributed by atoms with Gasteiger partial charge in [-0.2, -0.15) is 0 Å². The van der Waals surface area contributed by atoms with Crippen molar-refractivity contribution >= 4 is 67.1 Å². The summed E-state index contributed by atoms with van der Waals surface area (Å²) in [4.78, 5) is 74.4. The van der Waals surface area contributed by atoms with E-state index in [1.165, 1.54) is 28.5 Å². The molecule has 2 aliphatic heterocycles. The summed E-state index contributed by atoms with van der Waals surface area (Å²) in [7, 11) is 2.58. The fourth-order valence-corrected chi connectivity index (χ4v) is 11.1. The predicted octanol–water partition coefficient (Wildman–Crippen LogP) is 9.37. The molecule has 63 heavy (non-hydrogen) atoms. The molecule has 4 N–H and O–H groups in total. The van der Waals surface area contributed by atoms with Gasteiger partial charge in [0.15, 0.2) is 0 Å². The van der Waals surface area contributed by atoms with Crippen molar-refractivity contribution < 1.29 is 28.7 Å². The van der Waals surface area contributed by atoms with Gasteiger partial charge in [-0.1, -0.05) is 74.5 Å². The monoisotopic (exact) mass is 884 g/mol. The first kappa shape index (κ1) is 41.8. The number of carbonyl (C=O) groups is 4. The number of alkyl carbamates (subject to hydrolysis) is 2. The van der Waals surface area contributed by atoms with Crippen LogP contribution in [0.5, 0.6) is 0 Å². The summed E-state index contributed by atoms with van der Waals surface area (Å²) in [6.45, 7) is 4.98. The van der Waals surface area contributed by atoms with Gasteiger partial charge in [-0.05, 0) is 78.1 Å². The maximum absolute atomic E-state index is 14.0. The number of ether oxygens (including phenoxy) is 2. The number of hydrogen-bond acceptors (Lipinski definition) is 10. The number of methoxy groups -OCH3 is 2. The summed E-state index contributed by atoms with van der Waals surface area (Å²) < 4.78 is 12.0. The first-order valence-corrected chi connectivity index (χ1v) is 22.8. The summed E-state index contributed by atoms with van der Waals surface area (Å²) in [5.74, 6) is 1.03. The van der Waals surface area contributed by atoms with Crippen LogP contribution in [0, 0.1) is 5.92 Å². The highest BCUT2D eigenvalue weighted by atomic mass is 32.1. The number of likely N-dealkylation sites (tertiary alicyclic amines) is 2. The Hall–Kier alpha value is -6.52. The second kappa shape index (κ2) is 17.7. The fraction of sp³-hybridized carbons (Fsp3) is 0.319. The van der Waals surface area contributed by atoms with Crippen LogP contribution >= 0.6 is 22.7 Å². The molecule has 0 spiro atoms. The Balaban J connectivity index is 0.877. The molecule has 3 aromatic carbocycles. The fourth-order valence-electron chi connectivity index (χ4n) is 8.72. The number of amides is 4. The molecule has 14 nitrogen and oxygen atoms in total. The Morgan fingerprint density at radius 3 is 2.03 bits per heavy atom. The van der Waals surface area contributed by atoms with Crippen LogP contribution in [0.15, 0.2) is 91.1 Å². The molecule has 0 saturated carbocycles. The number of rotatable bonds is 11. The van der Waals surface area contributed by atoms with Gasteiger partial charge in [0.05, 0.1) is 54.1 Å². The Bertz CT molecular complexity index is 2760. The SMILES string of the molecule is COC(=O)N[C@H](C(=O)N1CCCC1c1ncc(-c2cc3sc(-c4ccc(-c5ccc6nc(C7CCCN7C(=O)[C@H](NC(=O)OC)c7ccccc7)[nH]c6c5)cc4)cc3s2)[nH]1)C(C)C. The van der Waals surface area contributed by atoms with Crippen molar-refractivity contribution in [3.63, 3.8) is 0 Å². The van der Waals surface area contributed by atoms with Gasteiger partial charge in [-0.3, -0.25) is 9.59 Å². The number of aromatic nitrogens is 4. The van der Waals surface area contributed by atoms with E-state index in [0.29, 0.717) is 18.7 Å². The van der Waals surface area contributed by atoms with Gasteiger partial charge in [0, 0.05) is 27.4 Å². The Kier molecular flexibility index (Phi) is 11.7. The van der Waals surface area contributed by atoms with Gasteiger partial charge in [0.2, 0.25) is 5.91 Å². The largest absolute Gasteiger partial charge is 0.453 e. The second-order valence-corrected chi connectivity index (χ2v) is 18.4. The molecule has 6 heterocycles. The molecule has 2 unspecified atom stereocenters. The molecule has 2 aliphatic rings. The number of carbonyl (C=O) groups excluding carboxylic acids is 4. The molecule has 4 amide bonds. The van der Waals surface area contributed by atoms with E-state index in [1.54, 1.807) is 27.6 Å². The Labute approximate surface area is 372 Å². The highest BCUT2D eigenvalue weighted by Crippen LogP contribution is 2.43. The maximum Gasteiger partial charge on any atom is 0.407 e. The molecule has 0 aliphatic carbocycles. The van der Waals surface area contributed by atoms with Crippen LogP contribution in [0.1, 0.15) is 74.9 Å². The van der Waals surface area contributed by atoms with E-state index in [-0.39, 0.29) is 29.8 Å². The highest BCUT2D eigenvalue weighted by molar-refractivity contribution is 7.31. The number of nitrogens with one attached hydrogen (secondary N) is 4. The van der Waals surface area contributed by atoms with Crippen LogP contribution < -0.4 is 10.6 Å². The third-order valence-electron chi connectivity index (χ3n) is 12.0. The van der Waals surface area contributed by atoms with E-state index in [0.717, 1.165) is 75.6 Å². The summed E-state index contributed by atoms with van der Waals surface area (Å²) in [5, 5.41) is 5.44. The van der Waals surface area contributed by atoms with Crippen molar-refractivity contribution in [1.82, 2.24) is 40.4 Å². The van der Waals surface area contributed by atoms with E-state index in [4.69, 9.17) is 19.4 Å². The quantitative estimate of drug-likeness (QED) is 0.0994. The minimum absolute atomic E-state index is 0.101. The maximum atomic E-state index is 14.0.